The zero-order valence-electron chi connectivity index (χ0n) is 13.1. The molecule has 1 amide bonds. The van der Waals surface area contributed by atoms with Crippen molar-refractivity contribution >= 4 is 29.0 Å². The standard InChI is InChI=1S/C16H27N3OS/c1-3-18-16(20)13-8-9-14(17)15(12-13)19-10-6-4-5-7-11-21-2/h8-9,12,19H,3-7,10-11,17H2,1-2H3,(H,18,20). The maximum atomic E-state index is 11.8. The van der Waals surface area contributed by atoms with Crippen molar-refractivity contribution in [1.82, 2.24) is 5.32 Å². The van der Waals surface area contributed by atoms with Gasteiger partial charge < -0.3 is 16.4 Å². The van der Waals surface area contributed by atoms with E-state index in [2.05, 4.69) is 16.9 Å². The molecule has 5 heteroatoms. The molecule has 1 aromatic rings. The third-order valence-corrected chi connectivity index (χ3v) is 3.94. The SMILES string of the molecule is CCNC(=O)c1ccc(N)c(NCCCCCCSC)c1. The summed E-state index contributed by atoms with van der Waals surface area (Å²) >= 11 is 1.90. The molecule has 0 aliphatic carbocycles. The number of benzene rings is 1. The number of thioether (sulfide) groups is 1. The van der Waals surface area contributed by atoms with Gasteiger partial charge in [-0.3, -0.25) is 4.79 Å². The Morgan fingerprint density at radius 1 is 1.24 bits per heavy atom. The number of anilines is 2. The first-order chi connectivity index (χ1) is 10.2. The number of hydrogen-bond donors (Lipinski definition) is 3. The fraction of sp³-hybridized carbons (Fsp3) is 0.562. The molecule has 0 aliphatic rings. The van der Waals surface area contributed by atoms with Crippen LogP contribution in [-0.2, 0) is 0 Å². The molecule has 4 nitrogen and oxygen atoms in total. The van der Waals surface area contributed by atoms with Crippen LogP contribution in [0.2, 0.25) is 0 Å². The molecule has 1 aromatic carbocycles. The number of carbonyl (C=O) groups is 1. The molecule has 4 N–H and O–H groups in total. The van der Waals surface area contributed by atoms with Crippen LogP contribution in [0.1, 0.15) is 43.0 Å². The Hall–Kier alpha value is -1.36. The quantitative estimate of drug-likeness (QED) is 0.458. The van der Waals surface area contributed by atoms with E-state index in [4.69, 9.17) is 5.73 Å². The van der Waals surface area contributed by atoms with Crippen molar-refractivity contribution in [2.75, 3.05) is 36.1 Å². The third-order valence-electron chi connectivity index (χ3n) is 3.24. The Morgan fingerprint density at radius 2 is 2.00 bits per heavy atom. The van der Waals surface area contributed by atoms with Gasteiger partial charge in [-0.1, -0.05) is 12.8 Å². The highest BCUT2D eigenvalue weighted by Crippen LogP contribution is 2.20. The second-order valence-corrected chi connectivity index (χ2v) is 5.98. The number of hydrogen-bond acceptors (Lipinski definition) is 4. The van der Waals surface area contributed by atoms with Crippen molar-refractivity contribution < 1.29 is 4.79 Å². The minimum atomic E-state index is -0.0578. The van der Waals surface area contributed by atoms with Gasteiger partial charge in [-0.25, -0.2) is 0 Å². The average Bonchev–Trinajstić information content (AvgIpc) is 2.48. The third kappa shape index (κ3) is 6.76. The summed E-state index contributed by atoms with van der Waals surface area (Å²) in [6.45, 7) is 3.43. The first-order valence-electron chi connectivity index (χ1n) is 7.59. The summed E-state index contributed by atoms with van der Waals surface area (Å²) in [6.07, 6.45) is 7.06. The predicted molar refractivity (Wildman–Crippen MR) is 94.2 cm³/mol. The van der Waals surface area contributed by atoms with Crippen LogP contribution in [0.4, 0.5) is 11.4 Å². The monoisotopic (exact) mass is 309 g/mol. The van der Waals surface area contributed by atoms with Crippen LogP contribution in [0.15, 0.2) is 18.2 Å². The van der Waals surface area contributed by atoms with Crippen molar-refractivity contribution in [3.8, 4) is 0 Å². The summed E-state index contributed by atoms with van der Waals surface area (Å²) in [5, 5.41) is 6.13. The van der Waals surface area contributed by atoms with Gasteiger partial charge in [0, 0.05) is 18.7 Å². The Balaban J connectivity index is 2.40. The van der Waals surface area contributed by atoms with E-state index in [9.17, 15) is 4.79 Å². The van der Waals surface area contributed by atoms with E-state index in [1.54, 1.807) is 12.1 Å². The van der Waals surface area contributed by atoms with E-state index < -0.39 is 0 Å². The van der Waals surface area contributed by atoms with Crippen LogP contribution >= 0.6 is 11.8 Å². The molecule has 0 bridgehead atoms. The van der Waals surface area contributed by atoms with Crippen molar-refractivity contribution in [3.05, 3.63) is 23.8 Å². The second-order valence-electron chi connectivity index (χ2n) is 5.00. The van der Waals surface area contributed by atoms with Gasteiger partial charge in [0.25, 0.3) is 5.91 Å². The zero-order valence-corrected chi connectivity index (χ0v) is 13.9. The number of amides is 1. The highest BCUT2D eigenvalue weighted by Gasteiger charge is 2.07. The molecule has 0 aromatic heterocycles. The molecule has 118 valence electrons. The smallest absolute Gasteiger partial charge is 0.251 e. The molecule has 0 heterocycles. The molecule has 0 unspecified atom stereocenters. The van der Waals surface area contributed by atoms with Crippen LogP contribution < -0.4 is 16.4 Å². The van der Waals surface area contributed by atoms with Crippen molar-refractivity contribution in [1.29, 1.82) is 0 Å². The van der Waals surface area contributed by atoms with Gasteiger partial charge in [-0.15, -0.1) is 0 Å². The molecule has 21 heavy (non-hydrogen) atoms. The molecule has 0 saturated carbocycles. The Labute approximate surface area is 132 Å². The van der Waals surface area contributed by atoms with E-state index >= 15 is 0 Å². The van der Waals surface area contributed by atoms with Crippen molar-refractivity contribution in [2.24, 2.45) is 0 Å². The fourth-order valence-electron chi connectivity index (χ4n) is 2.06. The molecule has 0 spiro atoms. The molecule has 0 saturated heterocycles. The largest absolute Gasteiger partial charge is 0.397 e. The maximum Gasteiger partial charge on any atom is 0.251 e. The van der Waals surface area contributed by atoms with E-state index in [0.29, 0.717) is 17.8 Å². The van der Waals surface area contributed by atoms with Crippen LogP contribution in [-0.4, -0.2) is 31.0 Å². The lowest BCUT2D eigenvalue weighted by Gasteiger charge is -2.11. The van der Waals surface area contributed by atoms with Crippen LogP contribution in [0.25, 0.3) is 0 Å². The fourth-order valence-corrected chi connectivity index (χ4v) is 2.55. The Kier molecular flexibility index (Phi) is 8.74. The molecule has 0 radical (unpaired) electrons. The summed E-state index contributed by atoms with van der Waals surface area (Å²) in [6, 6.07) is 5.37. The van der Waals surface area contributed by atoms with Gasteiger partial charge in [-0.05, 0) is 50.0 Å². The molecular formula is C16H27N3OS. The molecule has 0 atom stereocenters. The van der Waals surface area contributed by atoms with Crippen molar-refractivity contribution in [3.63, 3.8) is 0 Å². The van der Waals surface area contributed by atoms with Crippen LogP contribution in [0, 0.1) is 0 Å². The lowest BCUT2D eigenvalue weighted by Crippen LogP contribution is -2.22. The number of nitrogen functional groups attached to an aromatic ring is 1. The minimum Gasteiger partial charge on any atom is -0.397 e. The van der Waals surface area contributed by atoms with Gasteiger partial charge in [-0.2, -0.15) is 11.8 Å². The second kappa shape index (κ2) is 10.4. The first kappa shape index (κ1) is 17.7. The van der Waals surface area contributed by atoms with Crippen molar-refractivity contribution in [2.45, 2.75) is 32.6 Å². The number of unbranched alkanes of at least 4 members (excludes halogenated alkanes) is 3. The Morgan fingerprint density at radius 3 is 2.71 bits per heavy atom. The van der Waals surface area contributed by atoms with Gasteiger partial charge >= 0.3 is 0 Å². The Bertz CT molecular complexity index is 438. The first-order valence-corrected chi connectivity index (χ1v) is 8.99. The summed E-state index contributed by atoms with van der Waals surface area (Å²) in [7, 11) is 0. The number of nitrogens with two attached hydrogens (primary N) is 1. The average molecular weight is 309 g/mol. The highest BCUT2D eigenvalue weighted by atomic mass is 32.2. The molecule has 0 aliphatic heterocycles. The normalized spacial score (nSPS) is 10.4. The maximum absolute atomic E-state index is 11.8. The molecular weight excluding hydrogens is 282 g/mol. The van der Waals surface area contributed by atoms with E-state index in [1.165, 1.54) is 25.0 Å². The van der Waals surface area contributed by atoms with Gasteiger partial charge in [0.15, 0.2) is 0 Å². The van der Waals surface area contributed by atoms with Gasteiger partial charge in [0.1, 0.15) is 0 Å². The van der Waals surface area contributed by atoms with E-state index in [-0.39, 0.29) is 5.91 Å². The number of rotatable bonds is 10. The lowest BCUT2D eigenvalue weighted by atomic mass is 10.1. The number of nitrogens with one attached hydrogen (secondary N) is 2. The van der Waals surface area contributed by atoms with Crippen LogP contribution in [0.3, 0.4) is 0 Å². The van der Waals surface area contributed by atoms with E-state index in [1.807, 2.05) is 24.8 Å². The molecule has 1 rings (SSSR count). The lowest BCUT2D eigenvalue weighted by molar-refractivity contribution is 0.0956. The highest BCUT2D eigenvalue weighted by molar-refractivity contribution is 7.98. The summed E-state index contributed by atoms with van der Waals surface area (Å²) in [4.78, 5) is 11.8. The summed E-state index contributed by atoms with van der Waals surface area (Å²) in [5.41, 5.74) is 8.13. The molecule has 0 fully saturated rings. The van der Waals surface area contributed by atoms with Gasteiger partial charge in [0.05, 0.1) is 11.4 Å². The van der Waals surface area contributed by atoms with E-state index in [0.717, 1.165) is 18.7 Å². The summed E-state index contributed by atoms with van der Waals surface area (Å²) in [5.74, 6) is 1.19. The van der Waals surface area contributed by atoms with Crippen LogP contribution in [0.5, 0.6) is 0 Å². The summed E-state index contributed by atoms with van der Waals surface area (Å²) < 4.78 is 0. The van der Waals surface area contributed by atoms with Gasteiger partial charge in [0.2, 0.25) is 0 Å². The predicted octanol–water partition coefficient (Wildman–Crippen LogP) is 3.35. The topological polar surface area (TPSA) is 67.2 Å². The zero-order chi connectivity index (χ0) is 15.5. The minimum absolute atomic E-state index is 0.0578. The number of carbonyl (C=O) groups excluding carboxylic acids is 1.